The second-order valence-corrected chi connectivity index (χ2v) is 6.62. The summed E-state index contributed by atoms with van der Waals surface area (Å²) < 4.78 is 0. The van der Waals surface area contributed by atoms with Crippen molar-refractivity contribution >= 4 is 22.4 Å². The van der Waals surface area contributed by atoms with Gasteiger partial charge in [-0.2, -0.15) is 0 Å². The molecule has 126 valence electrons. The molecule has 1 heterocycles. The van der Waals surface area contributed by atoms with Crippen molar-refractivity contribution in [3.05, 3.63) is 90.5 Å². The number of anilines is 1. The molecule has 4 aromatic rings. The number of nitrogens with zero attached hydrogens (tertiary/aromatic N) is 2. The molecule has 0 atom stereocenters. The molecule has 5 heteroatoms. The van der Waals surface area contributed by atoms with Crippen LogP contribution in [-0.4, -0.2) is 16.1 Å². The summed E-state index contributed by atoms with van der Waals surface area (Å²) in [6, 6.07) is 27.2. The number of amides is 1. The Morgan fingerprint density at radius 2 is 1.35 bits per heavy atom. The Labute approximate surface area is 155 Å². The van der Waals surface area contributed by atoms with Gasteiger partial charge in [0.15, 0.2) is 0 Å². The van der Waals surface area contributed by atoms with Crippen LogP contribution in [0.4, 0.5) is 5.13 Å². The summed E-state index contributed by atoms with van der Waals surface area (Å²) in [5.74, 6) is -0.194. The van der Waals surface area contributed by atoms with Gasteiger partial charge in [-0.25, -0.2) is 0 Å². The van der Waals surface area contributed by atoms with Crippen LogP contribution < -0.4 is 5.32 Å². The van der Waals surface area contributed by atoms with Crippen LogP contribution in [0.3, 0.4) is 0 Å². The van der Waals surface area contributed by atoms with Crippen molar-refractivity contribution in [2.45, 2.75) is 0 Å². The lowest BCUT2D eigenvalue weighted by Crippen LogP contribution is -2.13. The van der Waals surface area contributed by atoms with Gasteiger partial charge >= 0.3 is 0 Å². The van der Waals surface area contributed by atoms with Crippen LogP contribution in [0, 0.1) is 0 Å². The maximum absolute atomic E-state index is 12.8. The van der Waals surface area contributed by atoms with Crippen molar-refractivity contribution in [1.29, 1.82) is 0 Å². The van der Waals surface area contributed by atoms with E-state index in [1.165, 1.54) is 11.3 Å². The molecule has 3 aromatic carbocycles. The van der Waals surface area contributed by atoms with Gasteiger partial charge in [-0.05, 0) is 17.2 Å². The predicted molar refractivity (Wildman–Crippen MR) is 105 cm³/mol. The second kappa shape index (κ2) is 7.29. The van der Waals surface area contributed by atoms with E-state index in [4.69, 9.17) is 0 Å². The fourth-order valence-electron chi connectivity index (χ4n) is 2.69. The number of hydrogen-bond donors (Lipinski definition) is 1. The summed E-state index contributed by atoms with van der Waals surface area (Å²) in [6.45, 7) is 0. The van der Waals surface area contributed by atoms with E-state index in [1.807, 2.05) is 84.9 Å². The van der Waals surface area contributed by atoms with Crippen molar-refractivity contribution in [3.8, 4) is 21.7 Å². The normalized spacial score (nSPS) is 10.5. The molecule has 1 N–H and O–H groups in total. The number of hydrogen-bond acceptors (Lipinski definition) is 4. The molecular formula is C21H15N3OS. The van der Waals surface area contributed by atoms with Gasteiger partial charge in [0.25, 0.3) is 5.91 Å². The van der Waals surface area contributed by atoms with Crippen LogP contribution in [-0.2, 0) is 0 Å². The monoisotopic (exact) mass is 357 g/mol. The quantitative estimate of drug-likeness (QED) is 0.551. The molecular weight excluding hydrogens is 342 g/mol. The van der Waals surface area contributed by atoms with Gasteiger partial charge in [0.1, 0.15) is 5.01 Å². The fourth-order valence-corrected chi connectivity index (χ4v) is 3.43. The summed E-state index contributed by atoms with van der Waals surface area (Å²) in [5, 5.41) is 12.4. The molecule has 4 rings (SSSR count). The minimum Gasteiger partial charge on any atom is -0.296 e. The van der Waals surface area contributed by atoms with Crippen LogP contribution >= 0.6 is 11.3 Å². The maximum atomic E-state index is 12.8. The number of aromatic nitrogens is 2. The van der Waals surface area contributed by atoms with Gasteiger partial charge in [0, 0.05) is 11.1 Å². The summed E-state index contributed by atoms with van der Waals surface area (Å²) in [6.07, 6.45) is 0. The third-order valence-corrected chi connectivity index (χ3v) is 4.81. The zero-order chi connectivity index (χ0) is 17.8. The topological polar surface area (TPSA) is 54.9 Å². The SMILES string of the molecule is O=C(Nc1nnc(-c2ccccc2)s1)c1ccccc1-c1ccccc1. The largest absolute Gasteiger partial charge is 0.296 e. The molecule has 0 aliphatic carbocycles. The van der Waals surface area contributed by atoms with Crippen LogP contribution in [0.25, 0.3) is 21.7 Å². The maximum Gasteiger partial charge on any atom is 0.258 e. The lowest BCUT2D eigenvalue weighted by molar-refractivity contribution is 0.102. The molecule has 0 aliphatic heterocycles. The molecule has 26 heavy (non-hydrogen) atoms. The molecule has 0 saturated heterocycles. The van der Waals surface area contributed by atoms with Gasteiger partial charge in [0.05, 0.1) is 0 Å². The summed E-state index contributed by atoms with van der Waals surface area (Å²) in [5.41, 5.74) is 3.48. The highest BCUT2D eigenvalue weighted by molar-refractivity contribution is 7.18. The zero-order valence-electron chi connectivity index (χ0n) is 13.8. The first-order valence-electron chi connectivity index (χ1n) is 8.16. The second-order valence-electron chi connectivity index (χ2n) is 5.64. The van der Waals surface area contributed by atoms with E-state index in [0.717, 1.165) is 21.7 Å². The third-order valence-electron chi connectivity index (χ3n) is 3.92. The van der Waals surface area contributed by atoms with Gasteiger partial charge < -0.3 is 0 Å². The van der Waals surface area contributed by atoms with Crippen molar-refractivity contribution in [2.75, 3.05) is 5.32 Å². The lowest BCUT2D eigenvalue weighted by Gasteiger charge is -2.08. The predicted octanol–water partition coefficient (Wildman–Crippen LogP) is 5.12. The van der Waals surface area contributed by atoms with E-state index in [1.54, 1.807) is 0 Å². The fraction of sp³-hybridized carbons (Fsp3) is 0. The Morgan fingerprint density at radius 1 is 0.731 bits per heavy atom. The van der Waals surface area contributed by atoms with Crippen molar-refractivity contribution in [2.24, 2.45) is 0 Å². The first-order chi connectivity index (χ1) is 12.8. The van der Waals surface area contributed by atoms with Crippen LogP contribution in [0.15, 0.2) is 84.9 Å². The minimum atomic E-state index is -0.194. The highest BCUT2D eigenvalue weighted by Gasteiger charge is 2.15. The summed E-state index contributed by atoms with van der Waals surface area (Å²) in [7, 11) is 0. The number of benzene rings is 3. The van der Waals surface area contributed by atoms with E-state index in [2.05, 4.69) is 15.5 Å². The van der Waals surface area contributed by atoms with Gasteiger partial charge in [-0.15, -0.1) is 10.2 Å². The molecule has 0 fully saturated rings. The van der Waals surface area contributed by atoms with Crippen molar-refractivity contribution in [3.63, 3.8) is 0 Å². The van der Waals surface area contributed by atoms with Gasteiger partial charge in [-0.1, -0.05) is 90.2 Å². The van der Waals surface area contributed by atoms with Crippen molar-refractivity contribution < 1.29 is 4.79 Å². The Hall–Kier alpha value is -3.31. The molecule has 0 bridgehead atoms. The van der Waals surface area contributed by atoms with Crippen LogP contribution in [0.5, 0.6) is 0 Å². The highest BCUT2D eigenvalue weighted by atomic mass is 32.1. The Bertz CT molecular complexity index is 1030. The standard InChI is InChI=1S/C21H15N3OS/c25-19(18-14-8-7-13-17(18)15-9-3-1-4-10-15)22-21-24-23-20(26-21)16-11-5-2-6-12-16/h1-14H,(H,22,24,25). The number of carbonyl (C=O) groups excluding carboxylic acids is 1. The smallest absolute Gasteiger partial charge is 0.258 e. The average Bonchev–Trinajstić information content (AvgIpc) is 3.18. The van der Waals surface area contributed by atoms with E-state index in [0.29, 0.717) is 10.7 Å². The lowest BCUT2D eigenvalue weighted by atomic mass is 9.99. The van der Waals surface area contributed by atoms with E-state index in [9.17, 15) is 4.79 Å². The van der Waals surface area contributed by atoms with Crippen LogP contribution in [0.1, 0.15) is 10.4 Å². The Kier molecular flexibility index (Phi) is 4.53. The molecule has 4 nitrogen and oxygen atoms in total. The first kappa shape index (κ1) is 16.2. The molecule has 0 spiro atoms. The van der Waals surface area contributed by atoms with Gasteiger partial charge in [-0.3, -0.25) is 10.1 Å². The van der Waals surface area contributed by atoms with Gasteiger partial charge in [0.2, 0.25) is 5.13 Å². The Balaban J connectivity index is 1.59. The molecule has 1 aromatic heterocycles. The molecule has 0 radical (unpaired) electrons. The van der Waals surface area contributed by atoms with Crippen molar-refractivity contribution in [1.82, 2.24) is 10.2 Å². The number of nitrogens with one attached hydrogen (secondary N) is 1. The first-order valence-corrected chi connectivity index (χ1v) is 8.97. The van der Waals surface area contributed by atoms with Crippen LogP contribution in [0.2, 0.25) is 0 Å². The van der Waals surface area contributed by atoms with E-state index >= 15 is 0 Å². The zero-order valence-corrected chi connectivity index (χ0v) is 14.6. The molecule has 1 amide bonds. The molecule has 0 unspecified atom stereocenters. The highest BCUT2D eigenvalue weighted by Crippen LogP contribution is 2.28. The molecule has 0 aliphatic rings. The Morgan fingerprint density at radius 3 is 2.08 bits per heavy atom. The summed E-state index contributed by atoms with van der Waals surface area (Å²) in [4.78, 5) is 12.8. The summed E-state index contributed by atoms with van der Waals surface area (Å²) >= 11 is 1.36. The third kappa shape index (κ3) is 3.38. The van der Waals surface area contributed by atoms with E-state index < -0.39 is 0 Å². The number of rotatable bonds is 4. The average molecular weight is 357 g/mol. The van der Waals surface area contributed by atoms with E-state index in [-0.39, 0.29) is 5.91 Å². The number of carbonyl (C=O) groups is 1. The minimum absolute atomic E-state index is 0.194. The molecule has 0 saturated carbocycles.